The molecule has 2 unspecified atom stereocenters. The van der Waals surface area contributed by atoms with Gasteiger partial charge in [-0.25, -0.2) is 0 Å². The van der Waals surface area contributed by atoms with E-state index in [1.165, 1.54) is 0 Å². The Labute approximate surface area is 163 Å². The highest BCUT2D eigenvalue weighted by Gasteiger charge is 2.30. The zero-order valence-electron chi connectivity index (χ0n) is 15.9. The van der Waals surface area contributed by atoms with Crippen LogP contribution in [0.1, 0.15) is 24.8 Å². The van der Waals surface area contributed by atoms with Gasteiger partial charge in [-0.05, 0) is 35.6 Å². The van der Waals surface area contributed by atoms with E-state index in [-0.39, 0.29) is 12.6 Å². The number of aliphatic hydroxyl groups is 1. The molecule has 5 nitrogen and oxygen atoms in total. The Morgan fingerprint density at radius 3 is 2.25 bits per heavy atom. The molecule has 0 aliphatic carbocycles. The Bertz CT molecular complexity index is 940. The van der Waals surface area contributed by atoms with Crippen LogP contribution in [-0.4, -0.2) is 31.1 Å². The Hall–Kier alpha value is -2.63. The Balaban J connectivity index is 1.70. The molecule has 1 N–H and O–H groups in total. The van der Waals surface area contributed by atoms with Crippen LogP contribution in [0, 0.1) is 5.92 Å². The van der Waals surface area contributed by atoms with Crippen molar-refractivity contribution in [3.63, 3.8) is 0 Å². The third kappa shape index (κ3) is 3.43. The van der Waals surface area contributed by atoms with Gasteiger partial charge in [0.25, 0.3) is 0 Å². The fraction of sp³-hybridized carbons (Fsp3) is 0.348. The van der Waals surface area contributed by atoms with Crippen molar-refractivity contribution in [3.05, 3.63) is 54.1 Å². The van der Waals surface area contributed by atoms with Gasteiger partial charge in [0.1, 0.15) is 11.7 Å². The van der Waals surface area contributed by atoms with E-state index in [4.69, 9.17) is 14.2 Å². The molecule has 4 rings (SSSR count). The molecule has 1 fully saturated rings. The lowest BCUT2D eigenvalue weighted by Gasteiger charge is -2.21. The molecule has 1 heterocycles. The largest absolute Gasteiger partial charge is 0.495 e. The lowest BCUT2D eigenvalue weighted by Crippen LogP contribution is -2.31. The third-order valence-corrected chi connectivity index (χ3v) is 5.40. The molecule has 0 saturated carbocycles. The van der Waals surface area contributed by atoms with Crippen LogP contribution in [-0.2, 0) is 20.9 Å². The number of hydrogen-bond acceptors (Lipinski definition) is 5. The van der Waals surface area contributed by atoms with E-state index >= 15 is 0 Å². The number of benzene rings is 3. The summed E-state index contributed by atoms with van der Waals surface area (Å²) >= 11 is 0. The molecule has 0 spiro atoms. The maximum atomic E-state index is 12.1. The second kappa shape index (κ2) is 8.17. The van der Waals surface area contributed by atoms with E-state index in [0.717, 1.165) is 45.7 Å². The van der Waals surface area contributed by atoms with E-state index in [0.29, 0.717) is 13.0 Å². The molecular weight excluding hydrogens is 356 g/mol. The van der Waals surface area contributed by atoms with Crippen LogP contribution in [0.25, 0.3) is 21.5 Å². The van der Waals surface area contributed by atoms with Crippen LogP contribution in [0.3, 0.4) is 0 Å². The molecule has 0 radical (unpaired) electrons. The normalized spacial score (nSPS) is 18.6. The number of esters is 1. The average molecular weight is 380 g/mol. The van der Waals surface area contributed by atoms with Gasteiger partial charge in [0, 0.05) is 10.8 Å². The number of hydrogen-bond donors (Lipinski definition) is 1. The zero-order chi connectivity index (χ0) is 19.5. The van der Waals surface area contributed by atoms with Crippen LogP contribution >= 0.6 is 0 Å². The van der Waals surface area contributed by atoms with Crippen molar-refractivity contribution in [3.8, 4) is 5.75 Å². The molecule has 1 aliphatic rings. The molecule has 0 bridgehead atoms. The quantitative estimate of drug-likeness (QED) is 0.409. The lowest BCUT2D eigenvalue weighted by atomic mass is 9.96. The second-order valence-electron chi connectivity index (χ2n) is 7.07. The maximum Gasteiger partial charge on any atom is 0.314 e. The van der Waals surface area contributed by atoms with Crippen LogP contribution < -0.4 is 4.74 Å². The zero-order valence-corrected chi connectivity index (χ0v) is 15.9. The van der Waals surface area contributed by atoms with Crippen molar-refractivity contribution >= 4 is 27.5 Å². The Kier molecular flexibility index (Phi) is 5.46. The molecule has 0 aromatic heterocycles. The molecule has 0 amide bonds. The van der Waals surface area contributed by atoms with Crippen LogP contribution in [0.2, 0.25) is 0 Å². The predicted octanol–water partition coefficient (Wildman–Crippen LogP) is 4.18. The highest BCUT2D eigenvalue weighted by Crippen LogP contribution is 2.38. The number of methoxy groups -OCH3 is 1. The van der Waals surface area contributed by atoms with Crippen molar-refractivity contribution in [2.24, 2.45) is 5.92 Å². The lowest BCUT2D eigenvalue weighted by molar-refractivity contribution is -0.176. The summed E-state index contributed by atoms with van der Waals surface area (Å²) < 4.78 is 16.7. The highest BCUT2D eigenvalue weighted by molar-refractivity contribution is 6.08. The predicted molar refractivity (Wildman–Crippen MR) is 107 cm³/mol. The standard InChI is InChI=1S/C23H24O5/c1-26-21-17-10-4-2-8-15(17)20(16-9-3-5-11-18(16)21)14-28-23(25)19-12-6-7-13-27-22(19)24/h2-5,8-11,19,23,25H,6-7,12-14H2,1H3. The number of ether oxygens (including phenoxy) is 3. The molecular formula is C23H24O5. The average Bonchev–Trinajstić information content (AvgIpc) is 2.95. The Morgan fingerprint density at radius 1 is 1.04 bits per heavy atom. The SMILES string of the molecule is COc1c2ccccc2c(COC(O)C2CCCCOC2=O)c2ccccc12. The van der Waals surface area contributed by atoms with Crippen molar-refractivity contribution in [1.82, 2.24) is 0 Å². The summed E-state index contributed by atoms with van der Waals surface area (Å²) in [6.45, 7) is 0.603. The molecule has 2 atom stereocenters. The fourth-order valence-electron chi connectivity index (χ4n) is 3.96. The van der Waals surface area contributed by atoms with E-state index in [1.54, 1.807) is 7.11 Å². The van der Waals surface area contributed by atoms with Gasteiger partial charge in [-0.1, -0.05) is 48.5 Å². The molecule has 28 heavy (non-hydrogen) atoms. The van der Waals surface area contributed by atoms with Crippen molar-refractivity contribution in [2.75, 3.05) is 13.7 Å². The number of aliphatic hydroxyl groups excluding tert-OH is 1. The van der Waals surface area contributed by atoms with Gasteiger partial charge in [0.15, 0.2) is 6.29 Å². The summed E-state index contributed by atoms with van der Waals surface area (Å²) in [5, 5.41) is 14.5. The smallest absolute Gasteiger partial charge is 0.314 e. The van der Waals surface area contributed by atoms with E-state index in [2.05, 4.69) is 0 Å². The van der Waals surface area contributed by atoms with Crippen LogP contribution in [0.15, 0.2) is 48.5 Å². The Morgan fingerprint density at radius 2 is 1.64 bits per heavy atom. The number of rotatable bonds is 5. The summed E-state index contributed by atoms with van der Waals surface area (Å²) in [4.78, 5) is 12.1. The maximum absolute atomic E-state index is 12.1. The first-order valence-corrected chi connectivity index (χ1v) is 9.63. The van der Waals surface area contributed by atoms with Gasteiger partial charge in [-0.2, -0.15) is 0 Å². The number of carbonyl (C=O) groups is 1. The van der Waals surface area contributed by atoms with Crippen molar-refractivity contribution < 1.29 is 24.1 Å². The third-order valence-electron chi connectivity index (χ3n) is 5.40. The minimum atomic E-state index is -1.19. The second-order valence-corrected chi connectivity index (χ2v) is 7.07. The van der Waals surface area contributed by atoms with Crippen LogP contribution in [0.4, 0.5) is 0 Å². The van der Waals surface area contributed by atoms with Crippen molar-refractivity contribution in [2.45, 2.75) is 32.2 Å². The molecule has 1 saturated heterocycles. The summed E-state index contributed by atoms with van der Waals surface area (Å²) in [5.74, 6) is -0.199. The first-order valence-electron chi connectivity index (χ1n) is 9.63. The minimum Gasteiger partial charge on any atom is -0.495 e. The van der Waals surface area contributed by atoms with Crippen molar-refractivity contribution in [1.29, 1.82) is 0 Å². The van der Waals surface area contributed by atoms with Crippen LogP contribution in [0.5, 0.6) is 5.75 Å². The molecule has 3 aromatic rings. The van der Waals surface area contributed by atoms with E-state index in [9.17, 15) is 9.90 Å². The summed E-state index contributed by atoms with van der Waals surface area (Å²) in [6, 6.07) is 16.0. The number of fused-ring (bicyclic) bond motifs is 2. The highest BCUT2D eigenvalue weighted by atomic mass is 16.6. The monoisotopic (exact) mass is 380 g/mol. The first-order chi connectivity index (χ1) is 13.7. The molecule has 1 aliphatic heterocycles. The summed E-state index contributed by atoms with van der Waals surface area (Å²) in [7, 11) is 1.67. The van der Waals surface area contributed by atoms with Gasteiger partial charge < -0.3 is 19.3 Å². The number of carbonyl (C=O) groups excluding carboxylic acids is 1. The van der Waals surface area contributed by atoms with Gasteiger partial charge in [0.05, 0.1) is 20.3 Å². The minimum absolute atomic E-state index is 0.190. The van der Waals surface area contributed by atoms with E-state index < -0.39 is 12.2 Å². The first kappa shape index (κ1) is 18.7. The summed E-state index contributed by atoms with van der Waals surface area (Å²) in [6.07, 6.45) is 1.04. The topological polar surface area (TPSA) is 65.0 Å². The molecule has 5 heteroatoms. The fourth-order valence-corrected chi connectivity index (χ4v) is 3.96. The van der Waals surface area contributed by atoms with Gasteiger partial charge >= 0.3 is 5.97 Å². The molecule has 146 valence electrons. The molecule has 3 aromatic carbocycles. The van der Waals surface area contributed by atoms with Gasteiger partial charge in [-0.3, -0.25) is 4.79 Å². The number of cyclic esters (lactones) is 1. The van der Waals surface area contributed by atoms with Gasteiger partial charge in [0.2, 0.25) is 0 Å². The van der Waals surface area contributed by atoms with E-state index in [1.807, 2.05) is 48.5 Å². The van der Waals surface area contributed by atoms with Gasteiger partial charge in [-0.15, -0.1) is 0 Å². The summed E-state index contributed by atoms with van der Waals surface area (Å²) in [5.41, 5.74) is 0.966.